The minimum atomic E-state index is -0.710. The fourth-order valence-corrected chi connectivity index (χ4v) is 3.07. The lowest BCUT2D eigenvalue weighted by Gasteiger charge is -2.33. The van der Waals surface area contributed by atoms with Gasteiger partial charge in [0, 0.05) is 7.11 Å². The maximum absolute atomic E-state index is 13.2. The standard InChI is InChI=1S/C22H22N2O6/c1-28-12-11-23-20(25)17(13-15-9-10-18(29-2)19(14-15)30-3)21(26)24(22(23)27)16-7-5-4-6-8-16/h4-10,13-14H,11-12H2,1-3H3/b17-13-. The van der Waals surface area contributed by atoms with E-state index in [2.05, 4.69) is 0 Å². The van der Waals surface area contributed by atoms with Gasteiger partial charge < -0.3 is 14.2 Å². The SMILES string of the molecule is COCCN1C(=O)/C(=C/c2ccc(OC)c(OC)c2)C(=O)N(c2ccccc2)C1=O. The van der Waals surface area contributed by atoms with Gasteiger partial charge >= 0.3 is 6.03 Å². The molecule has 0 saturated carbocycles. The van der Waals surface area contributed by atoms with Crippen LogP contribution < -0.4 is 14.4 Å². The second kappa shape index (κ2) is 9.23. The third kappa shape index (κ3) is 4.04. The number of carbonyl (C=O) groups is 3. The summed E-state index contributed by atoms with van der Waals surface area (Å²) in [5.41, 5.74) is 0.792. The fraction of sp³-hybridized carbons (Fsp3) is 0.227. The van der Waals surface area contributed by atoms with E-state index < -0.39 is 17.8 Å². The topological polar surface area (TPSA) is 85.4 Å². The van der Waals surface area contributed by atoms with Crippen molar-refractivity contribution in [1.82, 2.24) is 4.90 Å². The van der Waals surface area contributed by atoms with Crippen molar-refractivity contribution in [3.63, 3.8) is 0 Å². The number of nitrogens with zero attached hydrogens (tertiary/aromatic N) is 2. The second-order valence-electron chi connectivity index (χ2n) is 6.38. The molecule has 1 aliphatic rings. The summed E-state index contributed by atoms with van der Waals surface area (Å²) in [6, 6.07) is 12.8. The average Bonchev–Trinajstić information content (AvgIpc) is 2.77. The molecule has 30 heavy (non-hydrogen) atoms. The summed E-state index contributed by atoms with van der Waals surface area (Å²) in [4.78, 5) is 41.1. The Hall–Kier alpha value is -3.65. The number of para-hydroxylation sites is 1. The molecular formula is C22H22N2O6. The molecule has 0 aromatic heterocycles. The average molecular weight is 410 g/mol. The van der Waals surface area contributed by atoms with Gasteiger partial charge in [-0.05, 0) is 35.9 Å². The molecule has 0 spiro atoms. The Labute approximate surface area is 174 Å². The minimum Gasteiger partial charge on any atom is -0.493 e. The molecule has 0 N–H and O–H groups in total. The lowest BCUT2D eigenvalue weighted by atomic mass is 10.0. The van der Waals surface area contributed by atoms with Crippen molar-refractivity contribution in [3.05, 3.63) is 59.7 Å². The molecule has 4 amide bonds. The molecule has 156 valence electrons. The Morgan fingerprint density at radius 3 is 2.20 bits per heavy atom. The largest absolute Gasteiger partial charge is 0.493 e. The van der Waals surface area contributed by atoms with Crippen molar-refractivity contribution >= 4 is 29.6 Å². The van der Waals surface area contributed by atoms with E-state index in [4.69, 9.17) is 14.2 Å². The highest BCUT2D eigenvalue weighted by Crippen LogP contribution is 2.30. The third-order valence-electron chi connectivity index (χ3n) is 4.58. The fourth-order valence-electron chi connectivity index (χ4n) is 3.07. The molecule has 0 atom stereocenters. The Morgan fingerprint density at radius 1 is 0.867 bits per heavy atom. The summed E-state index contributed by atoms with van der Waals surface area (Å²) in [7, 11) is 4.48. The molecule has 2 aromatic carbocycles. The lowest BCUT2D eigenvalue weighted by molar-refractivity contribution is -0.129. The zero-order valence-corrected chi connectivity index (χ0v) is 17.0. The first-order valence-electron chi connectivity index (χ1n) is 9.19. The molecule has 1 heterocycles. The number of hydrogen-bond acceptors (Lipinski definition) is 6. The zero-order chi connectivity index (χ0) is 21.7. The van der Waals surface area contributed by atoms with Crippen LogP contribution >= 0.6 is 0 Å². The van der Waals surface area contributed by atoms with Crippen LogP contribution in [0.25, 0.3) is 6.08 Å². The Balaban J connectivity index is 2.07. The van der Waals surface area contributed by atoms with Crippen molar-refractivity contribution in [1.29, 1.82) is 0 Å². The molecule has 0 aliphatic carbocycles. The molecule has 0 radical (unpaired) electrons. The molecule has 0 unspecified atom stereocenters. The number of amides is 4. The van der Waals surface area contributed by atoms with Crippen LogP contribution in [-0.2, 0) is 14.3 Å². The van der Waals surface area contributed by atoms with Gasteiger partial charge in [-0.1, -0.05) is 24.3 Å². The highest BCUT2D eigenvalue weighted by atomic mass is 16.5. The van der Waals surface area contributed by atoms with E-state index in [9.17, 15) is 14.4 Å². The van der Waals surface area contributed by atoms with Gasteiger partial charge in [0.15, 0.2) is 11.5 Å². The number of carbonyl (C=O) groups excluding carboxylic acids is 3. The Bertz CT molecular complexity index is 986. The van der Waals surface area contributed by atoms with Gasteiger partial charge in [0.05, 0.1) is 33.1 Å². The second-order valence-corrected chi connectivity index (χ2v) is 6.38. The van der Waals surface area contributed by atoms with Crippen molar-refractivity contribution in [2.75, 3.05) is 39.4 Å². The Morgan fingerprint density at radius 2 is 1.57 bits per heavy atom. The van der Waals surface area contributed by atoms with Crippen LogP contribution in [0.3, 0.4) is 0 Å². The third-order valence-corrected chi connectivity index (χ3v) is 4.58. The number of anilines is 1. The van der Waals surface area contributed by atoms with Gasteiger partial charge in [-0.3, -0.25) is 14.5 Å². The highest BCUT2D eigenvalue weighted by molar-refractivity contribution is 6.39. The number of urea groups is 1. The smallest absolute Gasteiger partial charge is 0.338 e. The predicted molar refractivity (Wildman–Crippen MR) is 110 cm³/mol. The predicted octanol–water partition coefficient (Wildman–Crippen LogP) is 2.73. The van der Waals surface area contributed by atoms with Gasteiger partial charge in [-0.15, -0.1) is 0 Å². The van der Waals surface area contributed by atoms with E-state index in [0.717, 1.165) is 9.80 Å². The summed E-state index contributed by atoms with van der Waals surface area (Å²) >= 11 is 0. The minimum absolute atomic E-state index is 0.0219. The highest BCUT2D eigenvalue weighted by Gasteiger charge is 2.42. The summed E-state index contributed by atoms with van der Waals surface area (Å²) in [6.07, 6.45) is 1.44. The molecular weight excluding hydrogens is 388 g/mol. The van der Waals surface area contributed by atoms with Gasteiger partial charge in [-0.2, -0.15) is 0 Å². The van der Waals surface area contributed by atoms with Crippen molar-refractivity contribution in [2.45, 2.75) is 0 Å². The van der Waals surface area contributed by atoms with Gasteiger partial charge in [0.25, 0.3) is 11.8 Å². The van der Waals surface area contributed by atoms with Crippen molar-refractivity contribution in [3.8, 4) is 11.5 Å². The molecule has 8 nitrogen and oxygen atoms in total. The van der Waals surface area contributed by atoms with Gasteiger partial charge in [0.2, 0.25) is 0 Å². The maximum atomic E-state index is 13.2. The number of ether oxygens (including phenoxy) is 3. The van der Waals surface area contributed by atoms with E-state index >= 15 is 0 Å². The van der Waals surface area contributed by atoms with Gasteiger partial charge in [0.1, 0.15) is 5.57 Å². The van der Waals surface area contributed by atoms with E-state index in [1.54, 1.807) is 48.5 Å². The normalized spacial score (nSPS) is 15.7. The maximum Gasteiger partial charge on any atom is 0.338 e. The number of rotatable bonds is 7. The first-order valence-corrected chi connectivity index (χ1v) is 9.19. The number of barbiturate groups is 1. The number of benzene rings is 2. The first-order chi connectivity index (χ1) is 14.5. The van der Waals surface area contributed by atoms with Crippen LogP contribution in [-0.4, -0.2) is 57.2 Å². The monoisotopic (exact) mass is 410 g/mol. The molecule has 3 rings (SSSR count). The molecule has 0 bridgehead atoms. The van der Waals surface area contributed by atoms with Crippen LogP contribution in [0.5, 0.6) is 11.5 Å². The number of imide groups is 2. The molecule has 1 fully saturated rings. The molecule has 1 aliphatic heterocycles. The Kier molecular flexibility index (Phi) is 6.48. The van der Waals surface area contributed by atoms with Crippen LogP contribution in [0.2, 0.25) is 0 Å². The van der Waals surface area contributed by atoms with Crippen LogP contribution in [0.4, 0.5) is 10.5 Å². The molecule has 1 saturated heterocycles. The van der Waals surface area contributed by atoms with E-state index in [1.807, 2.05) is 0 Å². The van der Waals surface area contributed by atoms with Crippen molar-refractivity contribution in [2.24, 2.45) is 0 Å². The summed E-state index contributed by atoms with van der Waals surface area (Å²) in [5.74, 6) is -0.401. The lowest BCUT2D eigenvalue weighted by Crippen LogP contribution is -2.57. The van der Waals surface area contributed by atoms with Crippen molar-refractivity contribution < 1.29 is 28.6 Å². The van der Waals surface area contributed by atoms with E-state index in [-0.39, 0.29) is 18.7 Å². The van der Waals surface area contributed by atoms with Crippen LogP contribution in [0.1, 0.15) is 5.56 Å². The van der Waals surface area contributed by atoms with E-state index in [1.165, 1.54) is 27.4 Å². The van der Waals surface area contributed by atoms with Crippen LogP contribution in [0.15, 0.2) is 54.1 Å². The molecule has 2 aromatic rings. The number of hydrogen-bond donors (Lipinski definition) is 0. The quantitative estimate of drug-likeness (QED) is 0.515. The summed E-state index contributed by atoms with van der Waals surface area (Å²) in [5, 5.41) is 0. The number of methoxy groups -OCH3 is 3. The first kappa shape index (κ1) is 21.1. The van der Waals surface area contributed by atoms with Crippen LogP contribution in [0, 0.1) is 0 Å². The summed E-state index contributed by atoms with van der Waals surface area (Å²) in [6.45, 7) is 0.173. The summed E-state index contributed by atoms with van der Waals surface area (Å²) < 4.78 is 15.5. The van der Waals surface area contributed by atoms with E-state index in [0.29, 0.717) is 22.7 Å². The zero-order valence-electron chi connectivity index (χ0n) is 17.0. The van der Waals surface area contributed by atoms with Gasteiger partial charge in [-0.25, -0.2) is 9.69 Å². The molecule has 8 heteroatoms.